The standard InChI is InChI=1S/C22H22ClN5O2/c1-3-26-6-8-27(9-7-26)16-5-4-15-10-19(30-22(29)17(15)11-16)18-12-28-13-20(23)24-14(2)21(28)25-18/h4-5,10-13H,3,6-9H2,1-2H3. The number of benzene rings is 1. The fraction of sp³-hybridized carbons (Fsp3) is 0.318. The van der Waals surface area contributed by atoms with Gasteiger partial charge >= 0.3 is 5.63 Å². The molecule has 5 rings (SSSR count). The van der Waals surface area contributed by atoms with Gasteiger partial charge in [0.05, 0.1) is 11.1 Å². The summed E-state index contributed by atoms with van der Waals surface area (Å²) in [6, 6.07) is 7.85. The van der Waals surface area contributed by atoms with Crippen molar-refractivity contribution in [1.82, 2.24) is 19.3 Å². The highest BCUT2D eigenvalue weighted by Gasteiger charge is 2.18. The van der Waals surface area contributed by atoms with E-state index in [0.29, 0.717) is 33.3 Å². The number of anilines is 1. The van der Waals surface area contributed by atoms with E-state index in [0.717, 1.165) is 43.8 Å². The Balaban J connectivity index is 1.52. The second-order valence-electron chi connectivity index (χ2n) is 7.60. The van der Waals surface area contributed by atoms with E-state index in [4.69, 9.17) is 16.0 Å². The minimum Gasteiger partial charge on any atom is -0.421 e. The molecule has 4 aromatic rings. The summed E-state index contributed by atoms with van der Waals surface area (Å²) in [6.07, 6.45) is 3.48. The largest absolute Gasteiger partial charge is 0.421 e. The summed E-state index contributed by atoms with van der Waals surface area (Å²) >= 11 is 6.04. The molecule has 154 valence electrons. The molecule has 0 N–H and O–H groups in total. The maximum Gasteiger partial charge on any atom is 0.344 e. The Bertz CT molecular complexity index is 1300. The molecular weight excluding hydrogens is 402 g/mol. The molecule has 1 aliphatic rings. The van der Waals surface area contributed by atoms with Gasteiger partial charge < -0.3 is 18.6 Å². The Morgan fingerprint density at radius 2 is 1.90 bits per heavy atom. The molecule has 4 heterocycles. The minimum atomic E-state index is -0.360. The normalized spacial score (nSPS) is 15.4. The number of halogens is 1. The predicted molar refractivity (Wildman–Crippen MR) is 119 cm³/mol. The van der Waals surface area contributed by atoms with Gasteiger partial charge in [0.2, 0.25) is 0 Å². The lowest BCUT2D eigenvalue weighted by atomic mass is 10.1. The third-order valence-corrected chi connectivity index (χ3v) is 5.94. The van der Waals surface area contributed by atoms with Crippen LogP contribution in [-0.2, 0) is 0 Å². The molecule has 1 saturated heterocycles. The average Bonchev–Trinajstić information content (AvgIpc) is 3.18. The first-order chi connectivity index (χ1) is 14.5. The van der Waals surface area contributed by atoms with Crippen molar-refractivity contribution in [3.63, 3.8) is 0 Å². The third kappa shape index (κ3) is 3.34. The molecule has 0 bridgehead atoms. The van der Waals surface area contributed by atoms with Crippen LogP contribution in [0.3, 0.4) is 0 Å². The van der Waals surface area contributed by atoms with E-state index in [9.17, 15) is 4.79 Å². The number of hydrogen-bond donors (Lipinski definition) is 0. The highest BCUT2D eigenvalue weighted by Crippen LogP contribution is 2.26. The van der Waals surface area contributed by atoms with Crippen molar-refractivity contribution in [3.05, 3.63) is 57.9 Å². The first kappa shape index (κ1) is 19.1. The van der Waals surface area contributed by atoms with E-state index < -0.39 is 0 Å². The van der Waals surface area contributed by atoms with Crippen LogP contribution in [0.2, 0.25) is 5.15 Å². The van der Waals surface area contributed by atoms with Crippen LogP contribution in [0, 0.1) is 6.92 Å². The average molecular weight is 424 g/mol. The van der Waals surface area contributed by atoms with Crippen LogP contribution in [0.4, 0.5) is 5.69 Å². The van der Waals surface area contributed by atoms with E-state index in [1.165, 1.54) is 0 Å². The van der Waals surface area contributed by atoms with Crippen LogP contribution in [-0.4, -0.2) is 52.0 Å². The Labute approximate surface area is 178 Å². The fourth-order valence-corrected chi connectivity index (χ4v) is 4.28. The summed E-state index contributed by atoms with van der Waals surface area (Å²) in [5.41, 5.74) is 2.66. The Hall–Kier alpha value is -2.90. The second kappa shape index (κ2) is 7.41. The Kier molecular flexibility index (Phi) is 4.72. The van der Waals surface area contributed by atoms with E-state index in [2.05, 4.69) is 32.8 Å². The first-order valence-corrected chi connectivity index (χ1v) is 10.5. The van der Waals surface area contributed by atoms with Crippen LogP contribution in [0.25, 0.3) is 27.9 Å². The minimum absolute atomic E-state index is 0.360. The molecule has 0 radical (unpaired) electrons. The van der Waals surface area contributed by atoms with Gasteiger partial charge in [0, 0.05) is 44.3 Å². The molecule has 0 atom stereocenters. The molecule has 1 fully saturated rings. The van der Waals surface area contributed by atoms with E-state index in [-0.39, 0.29) is 5.63 Å². The summed E-state index contributed by atoms with van der Waals surface area (Å²) in [4.78, 5) is 26.3. The van der Waals surface area contributed by atoms with Gasteiger partial charge in [-0.25, -0.2) is 14.8 Å². The molecular formula is C22H22ClN5O2. The molecule has 0 aliphatic carbocycles. The lowest BCUT2D eigenvalue weighted by molar-refractivity contribution is 0.271. The molecule has 1 aliphatic heterocycles. The number of rotatable bonds is 3. The van der Waals surface area contributed by atoms with Crippen molar-refractivity contribution in [3.8, 4) is 11.5 Å². The van der Waals surface area contributed by atoms with E-state index in [1.807, 2.05) is 25.1 Å². The van der Waals surface area contributed by atoms with Gasteiger partial charge in [0.15, 0.2) is 11.4 Å². The number of fused-ring (bicyclic) bond motifs is 2. The second-order valence-corrected chi connectivity index (χ2v) is 7.98. The van der Waals surface area contributed by atoms with Crippen molar-refractivity contribution in [2.75, 3.05) is 37.6 Å². The van der Waals surface area contributed by atoms with E-state index in [1.54, 1.807) is 16.8 Å². The van der Waals surface area contributed by atoms with Crippen molar-refractivity contribution in [2.24, 2.45) is 0 Å². The van der Waals surface area contributed by atoms with Gasteiger partial charge in [-0.1, -0.05) is 24.6 Å². The van der Waals surface area contributed by atoms with Gasteiger partial charge in [-0.2, -0.15) is 0 Å². The molecule has 0 unspecified atom stereocenters. The monoisotopic (exact) mass is 423 g/mol. The zero-order valence-electron chi connectivity index (χ0n) is 16.9. The fourth-order valence-electron chi connectivity index (χ4n) is 4.05. The van der Waals surface area contributed by atoms with Gasteiger partial charge in [-0.3, -0.25) is 0 Å². The molecule has 1 aromatic carbocycles. The topological polar surface area (TPSA) is 66.9 Å². The van der Waals surface area contributed by atoms with Gasteiger partial charge in [0.1, 0.15) is 10.8 Å². The van der Waals surface area contributed by atoms with Crippen molar-refractivity contribution in [2.45, 2.75) is 13.8 Å². The molecule has 3 aromatic heterocycles. The van der Waals surface area contributed by atoms with Gasteiger partial charge in [-0.05, 0) is 37.1 Å². The molecule has 0 spiro atoms. The maximum atomic E-state index is 12.8. The number of aryl methyl sites for hydroxylation is 1. The predicted octanol–water partition coefficient (Wildman–Crippen LogP) is 3.61. The number of piperazine rings is 1. The lowest BCUT2D eigenvalue weighted by Crippen LogP contribution is -2.46. The van der Waals surface area contributed by atoms with Crippen molar-refractivity contribution >= 4 is 33.7 Å². The van der Waals surface area contributed by atoms with Crippen LogP contribution < -0.4 is 10.5 Å². The van der Waals surface area contributed by atoms with Crippen molar-refractivity contribution in [1.29, 1.82) is 0 Å². The third-order valence-electron chi connectivity index (χ3n) is 5.76. The Morgan fingerprint density at radius 1 is 1.10 bits per heavy atom. The smallest absolute Gasteiger partial charge is 0.344 e. The quantitative estimate of drug-likeness (QED) is 0.501. The van der Waals surface area contributed by atoms with Crippen LogP contribution >= 0.6 is 11.6 Å². The van der Waals surface area contributed by atoms with Crippen LogP contribution in [0.15, 0.2) is 45.9 Å². The highest BCUT2D eigenvalue weighted by atomic mass is 35.5. The summed E-state index contributed by atoms with van der Waals surface area (Å²) in [5, 5.41) is 1.80. The summed E-state index contributed by atoms with van der Waals surface area (Å²) in [7, 11) is 0. The molecule has 30 heavy (non-hydrogen) atoms. The molecule has 8 heteroatoms. The Morgan fingerprint density at radius 3 is 2.67 bits per heavy atom. The van der Waals surface area contributed by atoms with Gasteiger partial charge in [-0.15, -0.1) is 0 Å². The number of aromatic nitrogens is 3. The van der Waals surface area contributed by atoms with Crippen molar-refractivity contribution < 1.29 is 4.42 Å². The maximum absolute atomic E-state index is 12.8. The van der Waals surface area contributed by atoms with Crippen LogP contribution in [0.5, 0.6) is 0 Å². The summed E-state index contributed by atoms with van der Waals surface area (Å²) in [6.45, 7) is 9.09. The molecule has 7 nitrogen and oxygen atoms in total. The van der Waals surface area contributed by atoms with Gasteiger partial charge in [0.25, 0.3) is 0 Å². The number of hydrogen-bond acceptors (Lipinski definition) is 6. The van der Waals surface area contributed by atoms with Crippen LogP contribution in [0.1, 0.15) is 12.6 Å². The summed E-state index contributed by atoms with van der Waals surface area (Å²) in [5.74, 6) is 0.427. The zero-order valence-corrected chi connectivity index (χ0v) is 17.7. The van der Waals surface area contributed by atoms with E-state index >= 15 is 0 Å². The zero-order chi connectivity index (χ0) is 20.8. The number of likely N-dealkylation sites (N-methyl/N-ethyl adjacent to an activating group) is 1. The molecule has 0 saturated carbocycles. The highest BCUT2D eigenvalue weighted by molar-refractivity contribution is 6.29. The SMILES string of the molecule is CCN1CCN(c2ccc3cc(-c4cn5cc(Cl)nc(C)c5n4)oc(=O)c3c2)CC1. The lowest BCUT2D eigenvalue weighted by Gasteiger charge is -2.35. The number of imidazole rings is 1. The number of nitrogens with zero attached hydrogens (tertiary/aromatic N) is 5. The first-order valence-electron chi connectivity index (χ1n) is 10.1. The summed E-state index contributed by atoms with van der Waals surface area (Å²) < 4.78 is 7.44. The molecule has 0 amide bonds.